The van der Waals surface area contributed by atoms with Gasteiger partial charge < -0.3 is 9.64 Å². The lowest BCUT2D eigenvalue weighted by Gasteiger charge is -2.36. The van der Waals surface area contributed by atoms with Crippen molar-refractivity contribution in [2.24, 2.45) is 11.8 Å². The van der Waals surface area contributed by atoms with E-state index in [0.29, 0.717) is 64.3 Å². The number of fused-ring (bicyclic) bond motifs is 1. The molecule has 2 aromatic heterocycles. The molecule has 0 unspecified atom stereocenters. The van der Waals surface area contributed by atoms with E-state index < -0.39 is 0 Å². The van der Waals surface area contributed by atoms with Crippen LogP contribution in [0.25, 0.3) is 11.7 Å². The summed E-state index contributed by atoms with van der Waals surface area (Å²) in [5.74, 6) is 1.49. The van der Waals surface area contributed by atoms with Crippen molar-refractivity contribution >= 4 is 51.7 Å². The van der Waals surface area contributed by atoms with Crippen LogP contribution in [0.1, 0.15) is 44.7 Å². The van der Waals surface area contributed by atoms with E-state index in [1.165, 1.54) is 11.8 Å². The molecule has 182 valence electrons. The number of amides is 1. The lowest BCUT2D eigenvalue weighted by Crippen LogP contribution is -2.40. The van der Waals surface area contributed by atoms with Gasteiger partial charge in [-0.1, -0.05) is 43.9 Å². The SMILES string of the molecule is CCOCCCN1C(=O)/C(=C/c2c(N3C[C@@H](C)C[C@H](C)C3)nc3c(C)cccn3c2=O)SC1=S. The molecule has 0 N–H and O–H groups in total. The highest BCUT2D eigenvalue weighted by molar-refractivity contribution is 8.26. The van der Waals surface area contributed by atoms with E-state index in [0.717, 1.165) is 25.1 Å². The fraction of sp³-hybridized carbons (Fsp3) is 0.520. The molecule has 4 heterocycles. The summed E-state index contributed by atoms with van der Waals surface area (Å²) in [4.78, 5) is 36.1. The zero-order chi connectivity index (χ0) is 24.4. The lowest BCUT2D eigenvalue weighted by atomic mass is 9.91. The van der Waals surface area contributed by atoms with Crippen molar-refractivity contribution in [3.05, 3.63) is 44.7 Å². The molecule has 0 bridgehead atoms. The van der Waals surface area contributed by atoms with Crippen molar-refractivity contribution in [2.75, 3.05) is 37.7 Å². The quantitative estimate of drug-likeness (QED) is 0.322. The molecule has 9 heteroatoms. The van der Waals surface area contributed by atoms with E-state index in [1.54, 1.807) is 21.6 Å². The summed E-state index contributed by atoms with van der Waals surface area (Å²) in [7, 11) is 0. The molecule has 2 atom stereocenters. The topological polar surface area (TPSA) is 67.2 Å². The molecule has 4 rings (SSSR count). The summed E-state index contributed by atoms with van der Waals surface area (Å²) in [5.41, 5.74) is 1.86. The third-order valence-electron chi connectivity index (χ3n) is 6.26. The summed E-state index contributed by atoms with van der Waals surface area (Å²) in [5, 5.41) is 0. The van der Waals surface area contributed by atoms with Crippen molar-refractivity contribution in [1.82, 2.24) is 14.3 Å². The fourth-order valence-corrected chi connectivity index (χ4v) is 6.09. The zero-order valence-electron chi connectivity index (χ0n) is 20.2. The van der Waals surface area contributed by atoms with Gasteiger partial charge in [-0.05, 0) is 56.2 Å². The van der Waals surface area contributed by atoms with Gasteiger partial charge in [0.15, 0.2) is 0 Å². The van der Waals surface area contributed by atoms with Crippen LogP contribution in [0.15, 0.2) is 28.0 Å². The molecule has 2 fully saturated rings. The molecular weight excluding hydrogens is 468 g/mol. The third kappa shape index (κ3) is 5.06. The Bertz CT molecular complexity index is 1180. The Labute approximate surface area is 210 Å². The number of thioether (sulfide) groups is 1. The standard InChI is InChI=1S/C25H32N4O3S2/c1-5-32-11-7-10-29-24(31)20(34-25(29)33)13-19-22(27-14-16(2)12-17(3)15-27)26-21-18(4)8-6-9-28(21)23(19)30/h6,8-9,13,16-17H,5,7,10-12,14-15H2,1-4H3/b20-13-/t16-,17-/m0/s1. The van der Waals surface area contributed by atoms with Gasteiger partial charge in [0.2, 0.25) is 0 Å². The number of thiocarbonyl (C=S) groups is 1. The Morgan fingerprint density at radius 1 is 1.26 bits per heavy atom. The first kappa shape index (κ1) is 24.9. The maximum atomic E-state index is 13.7. The number of ether oxygens (including phenoxy) is 1. The first-order valence-electron chi connectivity index (χ1n) is 11.9. The maximum absolute atomic E-state index is 13.7. The van der Waals surface area contributed by atoms with Gasteiger partial charge in [-0.2, -0.15) is 0 Å². The molecule has 2 aliphatic rings. The molecule has 0 spiro atoms. The first-order chi connectivity index (χ1) is 16.3. The highest BCUT2D eigenvalue weighted by Gasteiger charge is 2.33. The van der Waals surface area contributed by atoms with Crippen LogP contribution in [0.4, 0.5) is 5.82 Å². The second-order valence-electron chi connectivity index (χ2n) is 9.27. The predicted molar refractivity (Wildman–Crippen MR) is 142 cm³/mol. The number of anilines is 1. The van der Waals surface area contributed by atoms with E-state index >= 15 is 0 Å². The third-order valence-corrected chi connectivity index (χ3v) is 7.63. The van der Waals surface area contributed by atoms with Gasteiger partial charge in [0.05, 0.1) is 10.5 Å². The lowest BCUT2D eigenvalue weighted by molar-refractivity contribution is -0.122. The van der Waals surface area contributed by atoms with Gasteiger partial charge in [0.1, 0.15) is 15.8 Å². The maximum Gasteiger partial charge on any atom is 0.267 e. The van der Waals surface area contributed by atoms with Gasteiger partial charge in [0.25, 0.3) is 11.5 Å². The zero-order valence-corrected chi connectivity index (χ0v) is 21.9. The van der Waals surface area contributed by atoms with Crippen LogP contribution in [0.3, 0.4) is 0 Å². The molecule has 2 aliphatic heterocycles. The Kier molecular flexibility index (Phi) is 7.74. The molecule has 0 saturated carbocycles. The average molecular weight is 501 g/mol. The molecule has 0 aromatic carbocycles. The van der Waals surface area contributed by atoms with E-state index in [2.05, 4.69) is 18.7 Å². The number of hydrogen-bond acceptors (Lipinski definition) is 7. The second-order valence-corrected chi connectivity index (χ2v) is 10.9. The van der Waals surface area contributed by atoms with Crippen LogP contribution in [-0.2, 0) is 9.53 Å². The fourth-order valence-electron chi connectivity index (χ4n) is 4.80. The van der Waals surface area contributed by atoms with Crippen LogP contribution >= 0.6 is 24.0 Å². The highest BCUT2D eigenvalue weighted by atomic mass is 32.2. The van der Waals surface area contributed by atoms with Gasteiger partial charge in [-0.3, -0.25) is 18.9 Å². The number of rotatable bonds is 7. The number of nitrogens with zero attached hydrogens (tertiary/aromatic N) is 4. The number of aryl methyl sites for hydroxylation is 1. The van der Waals surface area contributed by atoms with Gasteiger partial charge in [-0.15, -0.1) is 0 Å². The average Bonchev–Trinajstić information content (AvgIpc) is 3.05. The molecule has 2 aromatic rings. The van der Waals surface area contributed by atoms with Crippen molar-refractivity contribution in [3.63, 3.8) is 0 Å². The van der Waals surface area contributed by atoms with E-state index in [-0.39, 0.29) is 11.5 Å². The molecule has 2 saturated heterocycles. The molecule has 1 amide bonds. The Hall–Kier alpha value is -2.23. The Morgan fingerprint density at radius 2 is 2.00 bits per heavy atom. The number of piperidine rings is 1. The molecule has 7 nitrogen and oxygen atoms in total. The van der Waals surface area contributed by atoms with Crippen LogP contribution in [0.5, 0.6) is 0 Å². The first-order valence-corrected chi connectivity index (χ1v) is 13.1. The minimum atomic E-state index is -0.170. The molecule has 34 heavy (non-hydrogen) atoms. The summed E-state index contributed by atoms with van der Waals surface area (Å²) in [6, 6.07) is 3.80. The number of pyridine rings is 1. The van der Waals surface area contributed by atoms with Crippen molar-refractivity contribution in [3.8, 4) is 0 Å². The molecule has 0 aliphatic carbocycles. The second kappa shape index (κ2) is 10.6. The van der Waals surface area contributed by atoms with E-state index in [4.69, 9.17) is 21.9 Å². The minimum absolute atomic E-state index is 0.161. The Balaban J connectivity index is 1.76. The van der Waals surface area contributed by atoms with Crippen LogP contribution in [0, 0.1) is 18.8 Å². The molecule has 0 radical (unpaired) electrons. The van der Waals surface area contributed by atoms with Gasteiger partial charge in [-0.25, -0.2) is 4.98 Å². The van der Waals surface area contributed by atoms with Crippen LogP contribution < -0.4 is 10.5 Å². The normalized spacial score (nSPS) is 22.4. The van der Waals surface area contributed by atoms with Crippen molar-refractivity contribution in [2.45, 2.75) is 40.5 Å². The molecular formula is C25H32N4O3S2. The largest absolute Gasteiger partial charge is 0.382 e. The van der Waals surface area contributed by atoms with Gasteiger partial charge >= 0.3 is 0 Å². The summed E-state index contributed by atoms with van der Waals surface area (Å²) >= 11 is 6.73. The van der Waals surface area contributed by atoms with Crippen molar-refractivity contribution < 1.29 is 9.53 Å². The minimum Gasteiger partial charge on any atom is -0.382 e. The van der Waals surface area contributed by atoms with Crippen LogP contribution in [-0.4, -0.2) is 57.4 Å². The van der Waals surface area contributed by atoms with Gasteiger partial charge in [0, 0.05) is 39.0 Å². The number of aromatic nitrogens is 2. The summed E-state index contributed by atoms with van der Waals surface area (Å²) in [6.07, 6.45) is 5.30. The van der Waals surface area contributed by atoms with Crippen molar-refractivity contribution in [1.29, 1.82) is 0 Å². The van der Waals surface area contributed by atoms with E-state index in [1.807, 2.05) is 26.0 Å². The van der Waals surface area contributed by atoms with Crippen LogP contribution in [0.2, 0.25) is 0 Å². The predicted octanol–water partition coefficient (Wildman–Crippen LogP) is 4.11. The Morgan fingerprint density at radius 3 is 2.71 bits per heavy atom. The number of carbonyl (C=O) groups is 1. The number of carbonyl (C=O) groups excluding carboxylic acids is 1. The summed E-state index contributed by atoms with van der Waals surface area (Å²) < 4.78 is 7.48. The van der Waals surface area contributed by atoms with E-state index in [9.17, 15) is 9.59 Å². The smallest absolute Gasteiger partial charge is 0.267 e. The summed E-state index contributed by atoms with van der Waals surface area (Å²) in [6.45, 7) is 11.8. The highest BCUT2D eigenvalue weighted by Crippen LogP contribution is 2.34. The monoisotopic (exact) mass is 500 g/mol. The number of hydrogen-bond donors (Lipinski definition) is 0.